The molecule has 18 heavy (non-hydrogen) atoms. The molecule has 96 valence electrons. The number of hydrogen-bond donors (Lipinski definition) is 1. The first-order valence-electron chi connectivity index (χ1n) is 6.88. The van der Waals surface area contributed by atoms with Gasteiger partial charge in [-0.25, -0.2) is 0 Å². The molecular weight excluding hydrogens is 222 g/mol. The second kappa shape index (κ2) is 4.73. The predicted octanol–water partition coefficient (Wildman–Crippen LogP) is 3.02. The Morgan fingerprint density at radius 1 is 1.39 bits per heavy atom. The van der Waals surface area contributed by atoms with Crippen molar-refractivity contribution in [1.29, 1.82) is 0 Å². The van der Waals surface area contributed by atoms with Gasteiger partial charge in [0.25, 0.3) is 0 Å². The summed E-state index contributed by atoms with van der Waals surface area (Å²) in [7, 11) is 4.08. The third-order valence-electron chi connectivity index (χ3n) is 4.26. The summed E-state index contributed by atoms with van der Waals surface area (Å²) < 4.78 is 2.00. The average Bonchev–Trinajstić information content (AvgIpc) is 2.67. The molecule has 0 radical (unpaired) electrons. The first-order chi connectivity index (χ1) is 8.79. The number of fused-ring (bicyclic) bond motifs is 1. The van der Waals surface area contributed by atoms with Gasteiger partial charge in [-0.3, -0.25) is 4.68 Å². The fraction of sp³-hybridized carbons (Fsp3) is 0.533. The van der Waals surface area contributed by atoms with Crippen molar-refractivity contribution in [3.05, 3.63) is 30.0 Å². The molecule has 1 saturated carbocycles. The Bertz CT molecular complexity index is 540. The van der Waals surface area contributed by atoms with Crippen molar-refractivity contribution in [2.45, 2.75) is 31.7 Å². The summed E-state index contributed by atoms with van der Waals surface area (Å²) >= 11 is 0. The minimum absolute atomic E-state index is 0.390. The maximum absolute atomic E-state index is 4.73. The molecule has 3 rings (SSSR count). The fourth-order valence-electron chi connectivity index (χ4n) is 2.93. The highest BCUT2D eigenvalue weighted by atomic mass is 15.3. The molecule has 0 bridgehead atoms. The van der Waals surface area contributed by atoms with Crippen molar-refractivity contribution < 1.29 is 0 Å². The Morgan fingerprint density at radius 3 is 2.83 bits per heavy atom. The highest BCUT2D eigenvalue weighted by molar-refractivity contribution is 5.82. The minimum atomic E-state index is 0.390. The van der Waals surface area contributed by atoms with Crippen LogP contribution in [0.15, 0.2) is 24.3 Å². The SMILES string of the molecule is CNC(CC1CCC1)c1nn(C)c2ccccc12. The van der Waals surface area contributed by atoms with Crippen molar-refractivity contribution in [2.24, 2.45) is 13.0 Å². The van der Waals surface area contributed by atoms with E-state index < -0.39 is 0 Å². The summed E-state index contributed by atoms with van der Waals surface area (Å²) in [5.41, 5.74) is 2.43. The van der Waals surface area contributed by atoms with Crippen molar-refractivity contribution in [3.8, 4) is 0 Å². The Kier molecular flexibility index (Phi) is 3.08. The van der Waals surface area contributed by atoms with Crippen LogP contribution in [0.1, 0.15) is 37.4 Å². The van der Waals surface area contributed by atoms with E-state index in [2.05, 4.69) is 29.6 Å². The van der Waals surface area contributed by atoms with Crippen molar-refractivity contribution in [3.63, 3.8) is 0 Å². The summed E-state index contributed by atoms with van der Waals surface area (Å²) in [6.45, 7) is 0. The van der Waals surface area contributed by atoms with E-state index in [1.807, 2.05) is 18.8 Å². The topological polar surface area (TPSA) is 29.9 Å². The fourth-order valence-corrected chi connectivity index (χ4v) is 2.93. The monoisotopic (exact) mass is 243 g/mol. The van der Waals surface area contributed by atoms with Crippen LogP contribution in [0.5, 0.6) is 0 Å². The number of para-hydroxylation sites is 1. The van der Waals surface area contributed by atoms with Gasteiger partial charge in [-0.05, 0) is 25.5 Å². The summed E-state index contributed by atoms with van der Waals surface area (Å²) in [4.78, 5) is 0. The van der Waals surface area contributed by atoms with Crippen LogP contribution in [-0.2, 0) is 7.05 Å². The molecule has 1 heterocycles. The third-order valence-corrected chi connectivity index (χ3v) is 4.26. The van der Waals surface area contributed by atoms with Gasteiger partial charge >= 0.3 is 0 Å². The van der Waals surface area contributed by atoms with Crippen molar-refractivity contribution in [1.82, 2.24) is 15.1 Å². The van der Waals surface area contributed by atoms with Crippen molar-refractivity contribution in [2.75, 3.05) is 7.05 Å². The van der Waals surface area contributed by atoms with Crippen LogP contribution in [-0.4, -0.2) is 16.8 Å². The highest BCUT2D eigenvalue weighted by Gasteiger charge is 2.25. The molecule has 1 aliphatic carbocycles. The van der Waals surface area contributed by atoms with Crippen LogP contribution in [0.2, 0.25) is 0 Å². The van der Waals surface area contributed by atoms with Crippen LogP contribution in [0.25, 0.3) is 10.9 Å². The second-order valence-corrected chi connectivity index (χ2v) is 5.40. The summed E-state index contributed by atoms with van der Waals surface area (Å²) in [5.74, 6) is 0.892. The number of hydrogen-bond acceptors (Lipinski definition) is 2. The molecule has 1 atom stereocenters. The van der Waals surface area contributed by atoms with E-state index in [9.17, 15) is 0 Å². The molecule has 3 heteroatoms. The Balaban J connectivity index is 1.95. The van der Waals surface area contributed by atoms with Gasteiger partial charge in [0.05, 0.1) is 17.3 Å². The van der Waals surface area contributed by atoms with E-state index in [4.69, 9.17) is 5.10 Å². The number of aryl methyl sites for hydroxylation is 1. The van der Waals surface area contributed by atoms with E-state index in [-0.39, 0.29) is 0 Å². The normalized spacial score (nSPS) is 17.9. The van der Waals surface area contributed by atoms with E-state index >= 15 is 0 Å². The number of aromatic nitrogens is 2. The Hall–Kier alpha value is -1.35. The zero-order valence-electron chi connectivity index (χ0n) is 11.2. The second-order valence-electron chi connectivity index (χ2n) is 5.40. The van der Waals surface area contributed by atoms with Crippen LogP contribution < -0.4 is 5.32 Å². The van der Waals surface area contributed by atoms with Gasteiger partial charge in [0, 0.05) is 12.4 Å². The van der Waals surface area contributed by atoms with Gasteiger partial charge in [-0.1, -0.05) is 37.5 Å². The van der Waals surface area contributed by atoms with Gasteiger partial charge in [0.15, 0.2) is 0 Å². The number of benzene rings is 1. The molecule has 1 unspecified atom stereocenters. The van der Waals surface area contributed by atoms with E-state index in [1.54, 1.807) is 0 Å². The Morgan fingerprint density at radius 2 is 2.17 bits per heavy atom. The quantitative estimate of drug-likeness (QED) is 0.894. The number of nitrogens with zero attached hydrogens (tertiary/aromatic N) is 2. The van der Waals surface area contributed by atoms with Crippen LogP contribution >= 0.6 is 0 Å². The smallest absolute Gasteiger partial charge is 0.0872 e. The molecular formula is C15H21N3. The Labute approximate surface area is 108 Å². The lowest BCUT2D eigenvalue weighted by molar-refractivity contribution is 0.264. The van der Waals surface area contributed by atoms with E-state index in [0.29, 0.717) is 6.04 Å². The lowest BCUT2D eigenvalue weighted by atomic mass is 9.80. The number of rotatable bonds is 4. The van der Waals surface area contributed by atoms with E-state index in [1.165, 1.54) is 42.3 Å². The molecule has 1 aromatic heterocycles. The molecule has 1 fully saturated rings. The molecule has 1 N–H and O–H groups in total. The highest BCUT2D eigenvalue weighted by Crippen LogP contribution is 2.35. The van der Waals surface area contributed by atoms with Gasteiger partial charge in [0.2, 0.25) is 0 Å². The maximum Gasteiger partial charge on any atom is 0.0872 e. The third kappa shape index (κ3) is 1.93. The number of nitrogens with one attached hydrogen (secondary N) is 1. The summed E-state index contributed by atoms with van der Waals surface area (Å²) in [5, 5.41) is 9.46. The summed E-state index contributed by atoms with van der Waals surface area (Å²) in [6, 6.07) is 8.89. The van der Waals surface area contributed by atoms with E-state index in [0.717, 1.165) is 5.92 Å². The molecule has 3 nitrogen and oxygen atoms in total. The molecule has 0 aliphatic heterocycles. The molecule has 1 aromatic carbocycles. The predicted molar refractivity (Wildman–Crippen MR) is 74.5 cm³/mol. The molecule has 0 saturated heterocycles. The van der Waals surface area contributed by atoms with Gasteiger partial charge in [-0.15, -0.1) is 0 Å². The average molecular weight is 243 g/mol. The van der Waals surface area contributed by atoms with Crippen LogP contribution in [0.4, 0.5) is 0 Å². The first kappa shape index (κ1) is 11.7. The molecule has 2 aromatic rings. The van der Waals surface area contributed by atoms with Crippen molar-refractivity contribution >= 4 is 10.9 Å². The van der Waals surface area contributed by atoms with Crippen LogP contribution in [0, 0.1) is 5.92 Å². The largest absolute Gasteiger partial charge is 0.312 e. The lowest BCUT2D eigenvalue weighted by Gasteiger charge is -2.29. The standard InChI is InChI=1S/C15H21N3/c1-16-13(10-11-6-5-7-11)15-12-8-3-4-9-14(12)18(2)17-15/h3-4,8-9,11,13,16H,5-7,10H2,1-2H3. The lowest BCUT2D eigenvalue weighted by Crippen LogP contribution is -2.23. The van der Waals surface area contributed by atoms with Gasteiger partial charge in [0.1, 0.15) is 0 Å². The maximum atomic E-state index is 4.73. The van der Waals surface area contributed by atoms with Gasteiger partial charge < -0.3 is 5.32 Å². The minimum Gasteiger partial charge on any atom is -0.312 e. The first-order valence-corrected chi connectivity index (χ1v) is 6.88. The van der Waals surface area contributed by atoms with Gasteiger partial charge in [-0.2, -0.15) is 5.10 Å². The molecule has 0 amide bonds. The molecule has 0 spiro atoms. The molecule has 1 aliphatic rings. The van der Waals surface area contributed by atoms with Crippen LogP contribution in [0.3, 0.4) is 0 Å². The zero-order chi connectivity index (χ0) is 12.5. The summed E-state index contributed by atoms with van der Waals surface area (Å²) in [6.07, 6.45) is 5.41. The zero-order valence-corrected chi connectivity index (χ0v) is 11.2.